The average molecular weight is 190 g/mol. The number of ether oxygens (including phenoxy) is 1. The first-order chi connectivity index (χ1) is 6.49. The summed E-state index contributed by atoms with van der Waals surface area (Å²) in [7, 11) is 1.53. The van der Waals surface area contributed by atoms with Gasteiger partial charge in [-0.25, -0.2) is 9.83 Å². The molecule has 0 amide bonds. The van der Waals surface area contributed by atoms with E-state index in [-0.39, 0.29) is 5.41 Å². The molecule has 0 N–H and O–H groups in total. The van der Waals surface area contributed by atoms with Gasteiger partial charge in [0.15, 0.2) is 0 Å². The Morgan fingerprint density at radius 3 is 2.43 bits per heavy atom. The quantitative estimate of drug-likeness (QED) is 0.636. The third-order valence-corrected chi connectivity index (χ3v) is 1.92. The zero-order valence-electron chi connectivity index (χ0n) is 8.96. The molecule has 0 unspecified atom stereocenters. The van der Waals surface area contributed by atoms with Crippen LogP contribution in [-0.4, -0.2) is 12.1 Å². The Kier molecular flexibility index (Phi) is 2.76. The lowest BCUT2D eigenvalue weighted by Gasteiger charge is -2.18. The zero-order valence-corrected chi connectivity index (χ0v) is 8.96. The van der Waals surface area contributed by atoms with Crippen LogP contribution in [0.5, 0.6) is 5.88 Å². The summed E-state index contributed by atoms with van der Waals surface area (Å²) in [5.74, 6) is 0.410. The van der Waals surface area contributed by atoms with E-state index < -0.39 is 0 Å². The highest BCUT2D eigenvalue weighted by molar-refractivity contribution is 5.54. The summed E-state index contributed by atoms with van der Waals surface area (Å²) in [4.78, 5) is 7.62. The van der Waals surface area contributed by atoms with Crippen molar-refractivity contribution in [2.45, 2.75) is 26.2 Å². The summed E-state index contributed by atoms with van der Waals surface area (Å²) in [5.41, 5.74) is 1.37. The number of aromatic nitrogens is 1. The summed E-state index contributed by atoms with van der Waals surface area (Å²) in [5, 5.41) is 0. The van der Waals surface area contributed by atoms with E-state index in [0.717, 1.165) is 5.69 Å². The number of hydrogen-bond acceptors (Lipinski definition) is 2. The van der Waals surface area contributed by atoms with Gasteiger partial charge in [0.2, 0.25) is 11.6 Å². The van der Waals surface area contributed by atoms with Crippen LogP contribution in [0, 0.1) is 6.57 Å². The minimum atomic E-state index is -0.0200. The third-order valence-electron chi connectivity index (χ3n) is 1.92. The van der Waals surface area contributed by atoms with Crippen molar-refractivity contribution in [3.05, 3.63) is 29.2 Å². The number of hydrogen-bond donors (Lipinski definition) is 0. The Bertz CT molecular complexity index is 372. The normalized spacial score (nSPS) is 10.8. The molecule has 14 heavy (non-hydrogen) atoms. The monoisotopic (exact) mass is 190 g/mol. The Morgan fingerprint density at radius 1 is 1.36 bits per heavy atom. The molecule has 0 aliphatic carbocycles. The van der Waals surface area contributed by atoms with Gasteiger partial charge in [-0.3, -0.25) is 0 Å². The largest absolute Gasteiger partial charge is 0.490 e. The van der Waals surface area contributed by atoms with E-state index >= 15 is 0 Å². The molecule has 0 radical (unpaired) electrons. The summed E-state index contributed by atoms with van der Waals surface area (Å²) in [6, 6.07) is 3.62. The van der Waals surface area contributed by atoms with E-state index in [4.69, 9.17) is 11.3 Å². The van der Waals surface area contributed by atoms with Crippen molar-refractivity contribution in [2.24, 2.45) is 0 Å². The highest BCUT2D eigenvalue weighted by atomic mass is 16.5. The molecular weight excluding hydrogens is 176 g/mol. The Morgan fingerprint density at radius 2 is 2.00 bits per heavy atom. The molecule has 74 valence electrons. The molecule has 3 heteroatoms. The molecule has 0 atom stereocenters. The number of methoxy groups -OCH3 is 1. The van der Waals surface area contributed by atoms with Crippen LogP contribution in [-0.2, 0) is 5.41 Å². The molecule has 3 nitrogen and oxygen atoms in total. The number of pyridine rings is 1. The van der Waals surface area contributed by atoms with E-state index in [1.165, 1.54) is 7.11 Å². The maximum atomic E-state index is 6.92. The van der Waals surface area contributed by atoms with Crippen molar-refractivity contribution in [1.82, 2.24) is 4.98 Å². The maximum Gasteiger partial charge on any atom is 0.247 e. The lowest BCUT2D eigenvalue weighted by molar-refractivity contribution is 0.395. The van der Waals surface area contributed by atoms with Crippen molar-refractivity contribution in [1.29, 1.82) is 0 Å². The summed E-state index contributed by atoms with van der Waals surface area (Å²) < 4.78 is 5.05. The molecule has 0 fully saturated rings. The van der Waals surface area contributed by atoms with E-state index in [0.29, 0.717) is 11.6 Å². The van der Waals surface area contributed by atoms with Gasteiger partial charge >= 0.3 is 0 Å². The van der Waals surface area contributed by atoms with E-state index in [2.05, 4.69) is 30.6 Å². The van der Waals surface area contributed by atoms with Crippen molar-refractivity contribution in [2.75, 3.05) is 7.11 Å². The minimum absolute atomic E-state index is 0.0200. The molecule has 0 aliphatic rings. The van der Waals surface area contributed by atoms with Crippen LogP contribution in [0.25, 0.3) is 4.85 Å². The first-order valence-electron chi connectivity index (χ1n) is 4.42. The minimum Gasteiger partial charge on any atom is -0.490 e. The van der Waals surface area contributed by atoms with Crippen LogP contribution in [0.2, 0.25) is 0 Å². The van der Waals surface area contributed by atoms with Crippen LogP contribution in [0.4, 0.5) is 5.69 Å². The lowest BCUT2D eigenvalue weighted by Crippen LogP contribution is -2.13. The second-order valence-corrected chi connectivity index (χ2v) is 4.09. The number of nitrogens with zero attached hydrogens (tertiary/aromatic N) is 2. The average Bonchev–Trinajstić information content (AvgIpc) is 2.15. The standard InChI is InChI=1S/C11H14N2O/c1-11(2,3)9-7-6-8(12-4)10(13-9)14-5/h6-7H,1-3,5H3. The van der Waals surface area contributed by atoms with Gasteiger partial charge in [-0.05, 0) is 6.07 Å². The molecule has 0 aliphatic heterocycles. The maximum absolute atomic E-state index is 6.92. The molecule has 1 rings (SSSR count). The molecule has 1 aromatic heterocycles. The van der Waals surface area contributed by atoms with Crippen LogP contribution < -0.4 is 4.74 Å². The Labute approximate surface area is 84.6 Å². The van der Waals surface area contributed by atoms with E-state index in [1.807, 2.05) is 6.07 Å². The molecule has 0 saturated carbocycles. The summed E-state index contributed by atoms with van der Waals surface area (Å²) in [6.45, 7) is 13.1. The van der Waals surface area contributed by atoms with Crippen LogP contribution in [0.3, 0.4) is 0 Å². The molecular formula is C11H14N2O. The lowest BCUT2D eigenvalue weighted by atomic mass is 9.92. The molecule has 0 aromatic carbocycles. The van der Waals surface area contributed by atoms with Gasteiger partial charge < -0.3 is 4.74 Å². The third kappa shape index (κ3) is 2.02. The van der Waals surface area contributed by atoms with Gasteiger partial charge in [-0.2, -0.15) is 0 Å². The fraction of sp³-hybridized carbons (Fsp3) is 0.455. The summed E-state index contributed by atoms with van der Waals surface area (Å²) >= 11 is 0. The van der Waals surface area contributed by atoms with Crippen LogP contribution in [0.15, 0.2) is 12.1 Å². The molecule has 0 bridgehead atoms. The Balaban J connectivity index is 3.23. The molecule has 1 aromatic rings. The van der Waals surface area contributed by atoms with Gasteiger partial charge in [0.1, 0.15) is 0 Å². The van der Waals surface area contributed by atoms with Gasteiger partial charge in [-0.15, -0.1) is 0 Å². The van der Waals surface area contributed by atoms with Gasteiger partial charge in [0.05, 0.1) is 13.7 Å². The molecule has 0 spiro atoms. The van der Waals surface area contributed by atoms with Gasteiger partial charge in [0, 0.05) is 11.1 Å². The first-order valence-corrected chi connectivity index (χ1v) is 4.42. The smallest absolute Gasteiger partial charge is 0.247 e. The van der Waals surface area contributed by atoms with Gasteiger partial charge in [0.25, 0.3) is 0 Å². The summed E-state index contributed by atoms with van der Waals surface area (Å²) in [6.07, 6.45) is 0. The second kappa shape index (κ2) is 3.67. The topological polar surface area (TPSA) is 26.5 Å². The first kappa shape index (κ1) is 10.5. The molecule has 1 heterocycles. The number of rotatable bonds is 1. The predicted molar refractivity (Wildman–Crippen MR) is 55.8 cm³/mol. The predicted octanol–water partition coefficient (Wildman–Crippen LogP) is 2.94. The van der Waals surface area contributed by atoms with Gasteiger partial charge in [-0.1, -0.05) is 26.8 Å². The molecule has 0 saturated heterocycles. The highest BCUT2D eigenvalue weighted by Gasteiger charge is 2.17. The van der Waals surface area contributed by atoms with Crippen molar-refractivity contribution in [3.63, 3.8) is 0 Å². The fourth-order valence-corrected chi connectivity index (χ4v) is 1.09. The SMILES string of the molecule is [C-]#[N+]c1ccc(C(C)(C)C)nc1OC. The highest BCUT2D eigenvalue weighted by Crippen LogP contribution is 2.29. The van der Waals surface area contributed by atoms with Crippen molar-refractivity contribution >= 4 is 5.69 Å². The van der Waals surface area contributed by atoms with Crippen molar-refractivity contribution in [3.8, 4) is 5.88 Å². The fourth-order valence-electron chi connectivity index (χ4n) is 1.09. The zero-order chi connectivity index (χ0) is 10.8. The van der Waals surface area contributed by atoms with Crippen molar-refractivity contribution < 1.29 is 4.74 Å². The van der Waals surface area contributed by atoms with Crippen LogP contribution >= 0.6 is 0 Å². The Hall–Kier alpha value is -1.56. The van der Waals surface area contributed by atoms with Crippen LogP contribution in [0.1, 0.15) is 26.5 Å². The second-order valence-electron chi connectivity index (χ2n) is 4.09. The van der Waals surface area contributed by atoms with E-state index in [1.54, 1.807) is 6.07 Å². The van der Waals surface area contributed by atoms with E-state index in [9.17, 15) is 0 Å².